The molecule has 0 spiro atoms. The summed E-state index contributed by atoms with van der Waals surface area (Å²) >= 11 is 6.67. The van der Waals surface area contributed by atoms with Crippen LogP contribution in [0.3, 0.4) is 0 Å². The van der Waals surface area contributed by atoms with Gasteiger partial charge in [0.05, 0.1) is 16.2 Å². The average molecular weight is 432 g/mol. The Balaban J connectivity index is 2.26. The second-order valence-electron chi connectivity index (χ2n) is 8.59. The third-order valence-corrected chi connectivity index (χ3v) is 5.48. The molecule has 30 heavy (non-hydrogen) atoms. The number of benzene rings is 1. The zero-order valence-corrected chi connectivity index (χ0v) is 19.5. The van der Waals surface area contributed by atoms with E-state index < -0.39 is 5.60 Å². The molecule has 0 aliphatic heterocycles. The topological polar surface area (TPSA) is 69.1 Å². The maximum absolute atomic E-state index is 13.0. The molecule has 3 aromatic rings. The number of halogens is 1. The van der Waals surface area contributed by atoms with Gasteiger partial charge in [0, 0.05) is 43.0 Å². The number of H-pyrrole nitrogens is 1. The first-order chi connectivity index (χ1) is 14.0. The van der Waals surface area contributed by atoms with Gasteiger partial charge in [0.15, 0.2) is 0 Å². The van der Waals surface area contributed by atoms with Crippen molar-refractivity contribution in [2.45, 2.75) is 53.1 Å². The lowest BCUT2D eigenvalue weighted by Crippen LogP contribution is -2.24. The molecule has 3 rings (SSSR count). The number of aryl methyl sites for hydroxylation is 3. The molecular formula is C23H30ClN3O3. The van der Waals surface area contributed by atoms with E-state index in [1.807, 2.05) is 58.5 Å². The zero-order chi connectivity index (χ0) is 22.2. The normalized spacial score (nSPS) is 12.0. The van der Waals surface area contributed by atoms with Crippen LogP contribution in [0.15, 0.2) is 12.1 Å². The van der Waals surface area contributed by atoms with Gasteiger partial charge in [-0.3, -0.25) is 4.68 Å². The highest BCUT2D eigenvalue weighted by Gasteiger charge is 2.26. The van der Waals surface area contributed by atoms with Gasteiger partial charge in [-0.2, -0.15) is 5.10 Å². The minimum absolute atomic E-state index is 0.368. The van der Waals surface area contributed by atoms with Gasteiger partial charge >= 0.3 is 5.97 Å². The van der Waals surface area contributed by atoms with E-state index in [0.29, 0.717) is 23.7 Å². The molecule has 0 amide bonds. The molecule has 2 aromatic heterocycles. The maximum atomic E-state index is 13.0. The predicted octanol–water partition coefficient (Wildman–Crippen LogP) is 5.37. The number of nitrogens with zero attached hydrogens (tertiary/aromatic N) is 2. The Labute approximate surface area is 182 Å². The van der Waals surface area contributed by atoms with Crippen molar-refractivity contribution in [2.75, 3.05) is 13.7 Å². The van der Waals surface area contributed by atoms with E-state index in [2.05, 4.69) is 10.1 Å². The summed E-state index contributed by atoms with van der Waals surface area (Å²) in [5.41, 5.74) is 5.38. The molecule has 0 aliphatic rings. The number of esters is 1. The Hall–Kier alpha value is -2.31. The molecule has 0 saturated carbocycles. The number of rotatable bonds is 6. The lowest BCUT2D eigenvalue weighted by Gasteiger charge is -2.19. The second kappa shape index (κ2) is 8.44. The van der Waals surface area contributed by atoms with E-state index in [1.165, 1.54) is 0 Å². The van der Waals surface area contributed by atoms with E-state index >= 15 is 0 Å². The van der Waals surface area contributed by atoms with Gasteiger partial charge in [-0.25, -0.2) is 4.79 Å². The minimum atomic E-state index is -0.588. The number of hydrogen-bond donors (Lipinski definition) is 1. The van der Waals surface area contributed by atoms with Crippen LogP contribution >= 0.6 is 11.6 Å². The minimum Gasteiger partial charge on any atom is -0.455 e. The fourth-order valence-corrected chi connectivity index (χ4v) is 4.08. The third kappa shape index (κ3) is 4.25. The van der Waals surface area contributed by atoms with Crippen LogP contribution < -0.4 is 0 Å². The summed E-state index contributed by atoms with van der Waals surface area (Å²) in [7, 11) is 3.59. The number of aromatic nitrogens is 3. The molecule has 7 heteroatoms. The molecule has 6 nitrogen and oxygen atoms in total. The molecular weight excluding hydrogens is 402 g/mol. The highest BCUT2D eigenvalue weighted by Crippen LogP contribution is 2.40. The Morgan fingerprint density at radius 3 is 2.50 bits per heavy atom. The van der Waals surface area contributed by atoms with Gasteiger partial charge in [-0.05, 0) is 59.1 Å². The Morgan fingerprint density at radius 2 is 1.93 bits per heavy atom. The SMILES string of the molecule is COCCCc1c(C(=O)OC(C)(C)C)[nH]c2c(-c3c(C)nn(C)c3C)c(Cl)ccc12. The maximum Gasteiger partial charge on any atom is 0.355 e. The van der Waals surface area contributed by atoms with Crippen LogP contribution in [0.25, 0.3) is 22.0 Å². The van der Waals surface area contributed by atoms with Crippen LogP contribution in [0, 0.1) is 13.8 Å². The number of carbonyl (C=O) groups is 1. The number of ether oxygens (including phenoxy) is 2. The molecule has 0 aliphatic carbocycles. The van der Waals surface area contributed by atoms with Gasteiger partial charge in [-0.15, -0.1) is 0 Å². The summed E-state index contributed by atoms with van der Waals surface area (Å²) in [6, 6.07) is 3.85. The number of methoxy groups -OCH3 is 1. The molecule has 0 unspecified atom stereocenters. The number of nitrogens with one attached hydrogen (secondary N) is 1. The zero-order valence-electron chi connectivity index (χ0n) is 18.8. The second-order valence-corrected chi connectivity index (χ2v) is 9.00. The summed E-state index contributed by atoms with van der Waals surface area (Å²) in [5, 5.41) is 6.12. The monoisotopic (exact) mass is 431 g/mol. The molecule has 1 N–H and O–H groups in total. The number of hydrogen-bond acceptors (Lipinski definition) is 4. The van der Waals surface area contributed by atoms with E-state index in [-0.39, 0.29) is 5.97 Å². The van der Waals surface area contributed by atoms with Crippen molar-refractivity contribution < 1.29 is 14.3 Å². The molecule has 1 aromatic carbocycles. The van der Waals surface area contributed by atoms with Crippen molar-refractivity contribution in [2.24, 2.45) is 7.05 Å². The van der Waals surface area contributed by atoms with Gasteiger partial charge in [-0.1, -0.05) is 17.7 Å². The van der Waals surface area contributed by atoms with Crippen LogP contribution in [0.2, 0.25) is 5.02 Å². The van der Waals surface area contributed by atoms with Crippen molar-refractivity contribution in [1.82, 2.24) is 14.8 Å². The summed E-state index contributed by atoms with van der Waals surface area (Å²) < 4.78 is 12.7. The molecule has 0 bridgehead atoms. The molecule has 2 heterocycles. The molecule has 0 saturated heterocycles. The van der Waals surface area contributed by atoms with Crippen LogP contribution in [-0.4, -0.2) is 40.1 Å². The number of carbonyl (C=O) groups excluding carboxylic acids is 1. The first kappa shape index (κ1) is 22.4. The fraction of sp³-hybridized carbons (Fsp3) is 0.478. The van der Waals surface area contributed by atoms with Crippen molar-refractivity contribution in [1.29, 1.82) is 0 Å². The highest BCUT2D eigenvalue weighted by molar-refractivity contribution is 6.35. The van der Waals surface area contributed by atoms with Gasteiger partial charge < -0.3 is 14.5 Å². The molecule has 0 fully saturated rings. The molecule has 162 valence electrons. The van der Waals surface area contributed by atoms with Gasteiger partial charge in [0.1, 0.15) is 11.3 Å². The van der Waals surface area contributed by atoms with Gasteiger partial charge in [0.25, 0.3) is 0 Å². The lowest BCUT2D eigenvalue weighted by molar-refractivity contribution is 0.00625. The number of fused-ring (bicyclic) bond motifs is 1. The van der Waals surface area contributed by atoms with E-state index in [0.717, 1.165) is 45.4 Å². The van der Waals surface area contributed by atoms with Crippen molar-refractivity contribution in [3.63, 3.8) is 0 Å². The van der Waals surface area contributed by atoms with E-state index in [4.69, 9.17) is 21.1 Å². The average Bonchev–Trinajstić information content (AvgIpc) is 3.12. The summed E-state index contributed by atoms with van der Waals surface area (Å²) in [6.45, 7) is 10.2. The first-order valence-corrected chi connectivity index (χ1v) is 10.5. The summed E-state index contributed by atoms with van der Waals surface area (Å²) in [6.07, 6.45) is 1.48. The molecule has 0 radical (unpaired) electrons. The Kier molecular flexibility index (Phi) is 6.29. The Bertz CT molecular complexity index is 1090. The summed E-state index contributed by atoms with van der Waals surface area (Å²) in [5.74, 6) is -0.368. The number of aromatic amines is 1. The van der Waals surface area contributed by atoms with Crippen molar-refractivity contribution in [3.05, 3.63) is 39.8 Å². The standard InChI is InChI=1S/C23H30ClN3O3/c1-13-18(14(2)27(6)26-13)19-17(24)11-10-16-15(9-8-12-29-7)21(25-20(16)19)22(28)30-23(3,4)5/h10-11,25H,8-9,12H2,1-7H3. The van der Waals surface area contributed by atoms with Crippen LogP contribution in [0.1, 0.15) is 54.6 Å². The van der Waals surface area contributed by atoms with E-state index in [9.17, 15) is 4.79 Å². The largest absolute Gasteiger partial charge is 0.455 e. The Morgan fingerprint density at radius 1 is 1.23 bits per heavy atom. The predicted molar refractivity (Wildman–Crippen MR) is 120 cm³/mol. The quantitative estimate of drug-likeness (QED) is 0.420. The molecule has 0 atom stereocenters. The first-order valence-electron chi connectivity index (χ1n) is 10.1. The van der Waals surface area contributed by atoms with Gasteiger partial charge in [0.2, 0.25) is 0 Å². The van der Waals surface area contributed by atoms with Crippen molar-refractivity contribution in [3.8, 4) is 11.1 Å². The highest BCUT2D eigenvalue weighted by atomic mass is 35.5. The fourth-order valence-electron chi connectivity index (χ4n) is 3.83. The van der Waals surface area contributed by atoms with Crippen LogP contribution in [0.5, 0.6) is 0 Å². The lowest BCUT2D eigenvalue weighted by atomic mass is 9.98. The summed E-state index contributed by atoms with van der Waals surface area (Å²) in [4.78, 5) is 16.4. The van der Waals surface area contributed by atoms with Crippen molar-refractivity contribution >= 4 is 28.5 Å². The third-order valence-electron chi connectivity index (χ3n) is 5.17. The van der Waals surface area contributed by atoms with E-state index in [1.54, 1.807) is 7.11 Å². The van der Waals surface area contributed by atoms with Crippen LogP contribution in [-0.2, 0) is 22.9 Å². The smallest absolute Gasteiger partial charge is 0.355 e. The van der Waals surface area contributed by atoms with Crippen LogP contribution in [0.4, 0.5) is 0 Å².